The minimum absolute atomic E-state index is 0.00700. The number of carbonyl (C=O) groups excluding carboxylic acids is 1. The number of thioether (sulfide) groups is 1. The van der Waals surface area contributed by atoms with E-state index in [2.05, 4.69) is 20.7 Å². The Labute approximate surface area is 166 Å². The summed E-state index contributed by atoms with van der Waals surface area (Å²) in [7, 11) is 3.37. The molecule has 3 rings (SSSR count). The van der Waals surface area contributed by atoms with Crippen LogP contribution in [0.15, 0.2) is 59.0 Å². The number of phenols is 1. The summed E-state index contributed by atoms with van der Waals surface area (Å²) < 4.78 is 6.83. The molecule has 1 aromatic heterocycles. The summed E-state index contributed by atoms with van der Waals surface area (Å²) in [5.74, 6) is 0.792. The Balaban J connectivity index is 1.54. The van der Waals surface area contributed by atoms with Gasteiger partial charge in [0.2, 0.25) is 0 Å². The minimum atomic E-state index is -0.318. The number of ether oxygens (including phenoxy) is 1. The summed E-state index contributed by atoms with van der Waals surface area (Å²) in [6, 6.07) is 12.1. The smallest absolute Gasteiger partial charge is 0.271 e. The summed E-state index contributed by atoms with van der Waals surface area (Å²) >= 11 is 1.57. The Morgan fingerprint density at radius 1 is 1.32 bits per heavy atom. The van der Waals surface area contributed by atoms with Crippen molar-refractivity contribution >= 4 is 23.9 Å². The van der Waals surface area contributed by atoms with Crippen LogP contribution in [0.4, 0.5) is 0 Å². The highest BCUT2D eigenvalue weighted by Gasteiger charge is 2.06. The van der Waals surface area contributed by atoms with Gasteiger partial charge in [-0.25, -0.2) is 5.43 Å². The first kappa shape index (κ1) is 19.4. The number of benzene rings is 2. The van der Waals surface area contributed by atoms with Crippen molar-refractivity contribution in [3.05, 3.63) is 65.5 Å². The second-order valence-corrected chi connectivity index (χ2v) is 6.78. The van der Waals surface area contributed by atoms with E-state index in [-0.39, 0.29) is 11.7 Å². The number of methoxy groups -OCH3 is 1. The molecule has 8 nitrogen and oxygen atoms in total. The molecule has 2 aromatic carbocycles. The van der Waals surface area contributed by atoms with E-state index in [0.29, 0.717) is 16.9 Å². The third-order valence-corrected chi connectivity index (χ3v) is 4.94. The van der Waals surface area contributed by atoms with Gasteiger partial charge in [0.15, 0.2) is 16.7 Å². The molecule has 0 unspecified atom stereocenters. The number of rotatable bonds is 7. The van der Waals surface area contributed by atoms with Crippen LogP contribution in [0.2, 0.25) is 0 Å². The van der Waals surface area contributed by atoms with Crippen molar-refractivity contribution in [2.24, 2.45) is 12.1 Å². The predicted molar refractivity (Wildman–Crippen MR) is 107 cm³/mol. The molecule has 0 atom stereocenters. The van der Waals surface area contributed by atoms with E-state index >= 15 is 0 Å². The molecule has 0 bridgehead atoms. The zero-order valence-corrected chi connectivity index (χ0v) is 16.2. The van der Waals surface area contributed by atoms with Gasteiger partial charge in [-0.1, -0.05) is 23.9 Å². The average molecular weight is 397 g/mol. The van der Waals surface area contributed by atoms with E-state index in [1.165, 1.54) is 19.4 Å². The molecule has 0 aliphatic rings. The van der Waals surface area contributed by atoms with E-state index < -0.39 is 0 Å². The minimum Gasteiger partial charge on any atom is -0.504 e. The molecule has 0 saturated carbocycles. The van der Waals surface area contributed by atoms with Crippen molar-refractivity contribution in [2.75, 3.05) is 7.11 Å². The van der Waals surface area contributed by atoms with E-state index in [1.807, 2.05) is 23.7 Å². The number of phenolic OH excluding ortho intramolecular Hbond substituents is 1. The summed E-state index contributed by atoms with van der Waals surface area (Å²) in [6.45, 7) is 0. The molecular formula is C19H19N5O3S. The molecule has 0 aliphatic carbocycles. The highest BCUT2D eigenvalue weighted by atomic mass is 32.2. The zero-order valence-electron chi connectivity index (χ0n) is 15.4. The maximum atomic E-state index is 12.2. The summed E-state index contributed by atoms with van der Waals surface area (Å²) in [6.07, 6.45) is 3.10. The number of nitrogens with one attached hydrogen (secondary N) is 1. The van der Waals surface area contributed by atoms with Gasteiger partial charge in [-0.2, -0.15) is 5.10 Å². The van der Waals surface area contributed by atoms with E-state index in [4.69, 9.17) is 4.74 Å². The van der Waals surface area contributed by atoms with Crippen LogP contribution in [0.1, 0.15) is 21.5 Å². The van der Waals surface area contributed by atoms with Gasteiger partial charge >= 0.3 is 0 Å². The molecule has 0 aliphatic heterocycles. The molecule has 3 aromatic rings. The molecule has 1 amide bonds. The standard InChI is InChI=1S/C19H19N5O3S/c1-24-12-21-23-19(24)28-11-13-3-6-15(7-4-13)18(26)22-20-10-14-5-8-17(27-2)16(25)9-14/h3-10,12,25H,11H2,1-2H3,(H,22,26)/b20-10+. The second kappa shape index (κ2) is 9.05. The average Bonchev–Trinajstić information content (AvgIpc) is 3.11. The molecule has 0 fully saturated rings. The number of hydrogen-bond acceptors (Lipinski definition) is 7. The number of carbonyl (C=O) groups is 1. The van der Waals surface area contributed by atoms with E-state index in [0.717, 1.165) is 16.5 Å². The molecule has 0 saturated heterocycles. The van der Waals surface area contributed by atoms with Gasteiger partial charge < -0.3 is 14.4 Å². The lowest BCUT2D eigenvalue weighted by Gasteiger charge is -2.04. The first-order valence-corrected chi connectivity index (χ1v) is 9.31. The van der Waals surface area contributed by atoms with Gasteiger partial charge in [-0.15, -0.1) is 10.2 Å². The number of aromatic hydroxyl groups is 1. The highest BCUT2D eigenvalue weighted by molar-refractivity contribution is 7.98. The molecule has 2 N–H and O–H groups in total. The number of hydrazone groups is 1. The summed E-state index contributed by atoms with van der Waals surface area (Å²) in [5, 5.41) is 22.4. The number of aryl methyl sites for hydroxylation is 1. The normalized spacial score (nSPS) is 10.9. The van der Waals surface area contributed by atoms with Crippen LogP contribution in [-0.4, -0.2) is 39.1 Å². The quantitative estimate of drug-likeness (QED) is 0.361. The largest absolute Gasteiger partial charge is 0.504 e. The topological polar surface area (TPSA) is 102 Å². The van der Waals surface area contributed by atoms with Crippen LogP contribution < -0.4 is 10.2 Å². The fourth-order valence-corrected chi connectivity index (χ4v) is 3.16. The molecule has 0 spiro atoms. The Kier molecular flexibility index (Phi) is 6.28. The first-order valence-electron chi connectivity index (χ1n) is 8.33. The van der Waals surface area contributed by atoms with Gasteiger partial charge in [0, 0.05) is 18.4 Å². The summed E-state index contributed by atoms with van der Waals surface area (Å²) in [4.78, 5) is 12.2. The van der Waals surface area contributed by atoms with Crippen LogP contribution in [0.25, 0.3) is 0 Å². The maximum absolute atomic E-state index is 12.2. The van der Waals surface area contributed by atoms with Crippen molar-refractivity contribution in [3.8, 4) is 11.5 Å². The second-order valence-electron chi connectivity index (χ2n) is 5.84. The van der Waals surface area contributed by atoms with Crippen LogP contribution in [-0.2, 0) is 12.8 Å². The maximum Gasteiger partial charge on any atom is 0.271 e. The third-order valence-electron chi connectivity index (χ3n) is 3.84. The molecule has 9 heteroatoms. The first-order chi connectivity index (χ1) is 13.6. The van der Waals surface area contributed by atoms with Gasteiger partial charge in [-0.05, 0) is 41.5 Å². The zero-order chi connectivity index (χ0) is 19.9. The number of nitrogens with zero attached hydrogens (tertiary/aromatic N) is 4. The molecular weight excluding hydrogens is 378 g/mol. The SMILES string of the molecule is COc1ccc(/C=N/NC(=O)c2ccc(CSc3nncn3C)cc2)cc1O. The fraction of sp³-hybridized carbons (Fsp3) is 0.158. The van der Waals surface area contributed by atoms with Crippen molar-refractivity contribution in [1.82, 2.24) is 20.2 Å². The summed E-state index contributed by atoms with van der Waals surface area (Å²) in [5.41, 5.74) is 4.67. The van der Waals surface area contributed by atoms with E-state index in [1.54, 1.807) is 42.4 Å². The Morgan fingerprint density at radius 3 is 2.75 bits per heavy atom. The van der Waals surface area contributed by atoms with Crippen molar-refractivity contribution in [2.45, 2.75) is 10.9 Å². The van der Waals surface area contributed by atoms with Crippen LogP contribution in [0.5, 0.6) is 11.5 Å². The third kappa shape index (κ3) is 4.89. The number of amides is 1. The molecule has 28 heavy (non-hydrogen) atoms. The Hall–Kier alpha value is -3.33. The Morgan fingerprint density at radius 2 is 2.11 bits per heavy atom. The van der Waals surface area contributed by atoms with Crippen molar-refractivity contribution in [1.29, 1.82) is 0 Å². The number of aromatic nitrogens is 3. The lowest BCUT2D eigenvalue weighted by Crippen LogP contribution is -2.17. The van der Waals surface area contributed by atoms with Crippen molar-refractivity contribution < 1.29 is 14.6 Å². The van der Waals surface area contributed by atoms with Crippen LogP contribution in [0, 0.1) is 0 Å². The van der Waals surface area contributed by atoms with Gasteiger partial charge in [0.05, 0.1) is 13.3 Å². The van der Waals surface area contributed by atoms with Gasteiger partial charge in [0.25, 0.3) is 5.91 Å². The lowest BCUT2D eigenvalue weighted by atomic mass is 10.1. The van der Waals surface area contributed by atoms with Crippen molar-refractivity contribution in [3.63, 3.8) is 0 Å². The molecule has 144 valence electrons. The molecule has 0 radical (unpaired) electrons. The van der Waals surface area contributed by atoms with Crippen LogP contribution in [0.3, 0.4) is 0 Å². The predicted octanol–water partition coefficient (Wildman–Crippen LogP) is 2.59. The Bertz CT molecular complexity index is 985. The van der Waals surface area contributed by atoms with Crippen LogP contribution >= 0.6 is 11.8 Å². The molecule has 1 heterocycles. The highest BCUT2D eigenvalue weighted by Crippen LogP contribution is 2.25. The number of hydrogen-bond donors (Lipinski definition) is 2. The monoisotopic (exact) mass is 397 g/mol. The van der Waals surface area contributed by atoms with Gasteiger partial charge in [0.1, 0.15) is 6.33 Å². The van der Waals surface area contributed by atoms with Gasteiger partial charge in [-0.3, -0.25) is 4.79 Å². The fourth-order valence-electron chi connectivity index (χ4n) is 2.32. The van der Waals surface area contributed by atoms with E-state index in [9.17, 15) is 9.90 Å². The lowest BCUT2D eigenvalue weighted by molar-refractivity contribution is 0.0955.